The standard InChI is InChI=1S/C12H24N2O2S/c1-12(2)4-5-14(8-10(12)7-13)11-3-6-17(15,16)9-11/h10-11H,3-9,13H2,1-2H3. The highest BCUT2D eigenvalue weighted by Crippen LogP contribution is 2.36. The van der Waals surface area contributed by atoms with Gasteiger partial charge in [0, 0.05) is 12.6 Å². The second-order valence-corrected chi connectivity index (χ2v) is 8.45. The molecule has 0 aromatic heterocycles. The first-order valence-corrected chi connectivity index (χ1v) is 8.31. The number of nitrogens with zero attached hydrogens (tertiary/aromatic N) is 1. The van der Waals surface area contributed by atoms with E-state index in [0.717, 1.165) is 25.9 Å². The lowest BCUT2D eigenvalue weighted by atomic mass is 9.73. The summed E-state index contributed by atoms with van der Waals surface area (Å²) in [4.78, 5) is 2.35. The predicted molar refractivity (Wildman–Crippen MR) is 69.6 cm³/mol. The van der Waals surface area contributed by atoms with Gasteiger partial charge in [-0.15, -0.1) is 0 Å². The molecule has 2 N–H and O–H groups in total. The molecule has 2 unspecified atom stereocenters. The Bertz CT molecular complexity index is 378. The van der Waals surface area contributed by atoms with E-state index >= 15 is 0 Å². The third-order valence-electron chi connectivity index (χ3n) is 4.61. The normalized spacial score (nSPS) is 37.1. The van der Waals surface area contributed by atoms with Crippen LogP contribution in [0.2, 0.25) is 0 Å². The molecule has 2 atom stereocenters. The second kappa shape index (κ2) is 4.52. The van der Waals surface area contributed by atoms with E-state index in [-0.39, 0.29) is 6.04 Å². The fourth-order valence-corrected chi connectivity index (χ4v) is 4.81. The molecule has 0 aliphatic carbocycles. The second-order valence-electron chi connectivity index (χ2n) is 6.22. The van der Waals surface area contributed by atoms with Crippen LogP contribution in [0, 0.1) is 11.3 Å². The minimum Gasteiger partial charge on any atom is -0.330 e. The van der Waals surface area contributed by atoms with Crippen LogP contribution in [-0.2, 0) is 9.84 Å². The first-order valence-electron chi connectivity index (χ1n) is 6.48. The molecule has 0 saturated carbocycles. The fraction of sp³-hybridized carbons (Fsp3) is 1.00. The van der Waals surface area contributed by atoms with Gasteiger partial charge in [-0.05, 0) is 37.3 Å². The van der Waals surface area contributed by atoms with Crippen LogP contribution in [0.5, 0.6) is 0 Å². The molecule has 2 rings (SSSR count). The summed E-state index contributed by atoms with van der Waals surface area (Å²) in [6, 6.07) is 0.241. The minimum atomic E-state index is -2.77. The third-order valence-corrected chi connectivity index (χ3v) is 6.36. The minimum absolute atomic E-state index is 0.241. The molecule has 0 bridgehead atoms. The van der Waals surface area contributed by atoms with Crippen molar-refractivity contribution >= 4 is 9.84 Å². The van der Waals surface area contributed by atoms with Gasteiger partial charge in [0.25, 0.3) is 0 Å². The number of nitrogens with two attached hydrogens (primary N) is 1. The summed E-state index contributed by atoms with van der Waals surface area (Å²) < 4.78 is 23.0. The molecule has 2 aliphatic heterocycles. The van der Waals surface area contributed by atoms with E-state index in [1.165, 1.54) is 0 Å². The lowest BCUT2D eigenvalue weighted by Crippen LogP contribution is -2.51. The van der Waals surface area contributed by atoms with Crippen molar-refractivity contribution in [1.82, 2.24) is 4.90 Å². The number of sulfone groups is 1. The van der Waals surface area contributed by atoms with Crippen LogP contribution in [0.4, 0.5) is 0 Å². The average molecular weight is 260 g/mol. The molecule has 4 nitrogen and oxygen atoms in total. The third kappa shape index (κ3) is 2.83. The predicted octanol–water partition coefficient (Wildman–Crippen LogP) is 0.480. The summed E-state index contributed by atoms with van der Waals surface area (Å²) >= 11 is 0. The average Bonchev–Trinajstić information content (AvgIpc) is 2.58. The van der Waals surface area contributed by atoms with Crippen molar-refractivity contribution in [3.8, 4) is 0 Å². The van der Waals surface area contributed by atoms with Gasteiger partial charge >= 0.3 is 0 Å². The Balaban J connectivity index is 2.01. The molecule has 0 aromatic carbocycles. The Morgan fingerprint density at radius 2 is 2.12 bits per heavy atom. The van der Waals surface area contributed by atoms with E-state index in [2.05, 4.69) is 18.7 Å². The number of piperidine rings is 1. The molecule has 2 heterocycles. The maximum absolute atomic E-state index is 11.5. The lowest BCUT2D eigenvalue weighted by molar-refractivity contribution is 0.0443. The first-order chi connectivity index (χ1) is 7.84. The molecule has 2 aliphatic rings. The zero-order valence-electron chi connectivity index (χ0n) is 10.9. The SMILES string of the molecule is CC1(C)CCN(C2CCS(=O)(=O)C2)CC1CN. The maximum Gasteiger partial charge on any atom is 0.151 e. The summed E-state index contributed by atoms with van der Waals surface area (Å²) in [5, 5.41) is 0. The first kappa shape index (κ1) is 13.3. The van der Waals surface area contributed by atoms with Gasteiger partial charge in [-0.1, -0.05) is 13.8 Å². The summed E-state index contributed by atoms with van der Waals surface area (Å²) in [5.41, 5.74) is 6.14. The van der Waals surface area contributed by atoms with Gasteiger partial charge in [0.05, 0.1) is 11.5 Å². The van der Waals surface area contributed by atoms with Gasteiger partial charge in [0.15, 0.2) is 9.84 Å². The molecule has 100 valence electrons. The van der Waals surface area contributed by atoms with E-state index in [4.69, 9.17) is 5.73 Å². The van der Waals surface area contributed by atoms with Crippen molar-refractivity contribution in [3.05, 3.63) is 0 Å². The highest BCUT2D eigenvalue weighted by molar-refractivity contribution is 7.91. The zero-order valence-corrected chi connectivity index (χ0v) is 11.7. The van der Waals surface area contributed by atoms with Gasteiger partial charge in [-0.25, -0.2) is 8.42 Å². The van der Waals surface area contributed by atoms with Crippen LogP contribution in [0.15, 0.2) is 0 Å². The molecule has 0 spiro atoms. The van der Waals surface area contributed by atoms with E-state index in [9.17, 15) is 8.42 Å². The van der Waals surface area contributed by atoms with E-state index in [1.807, 2.05) is 0 Å². The van der Waals surface area contributed by atoms with E-state index < -0.39 is 9.84 Å². The molecule has 0 radical (unpaired) electrons. The lowest BCUT2D eigenvalue weighted by Gasteiger charge is -2.45. The largest absolute Gasteiger partial charge is 0.330 e. The van der Waals surface area contributed by atoms with Crippen molar-refractivity contribution < 1.29 is 8.42 Å². The molecular formula is C12H24N2O2S. The van der Waals surface area contributed by atoms with Crippen LogP contribution in [0.25, 0.3) is 0 Å². The van der Waals surface area contributed by atoms with Crippen LogP contribution in [0.3, 0.4) is 0 Å². The summed E-state index contributed by atoms with van der Waals surface area (Å²) in [5.74, 6) is 1.20. The summed E-state index contributed by atoms with van der Waals surface area (Å²) in [6.07, 6.45) is 1.92. The highest BCUT2D eigenvalue weighted by Gasteiger charge is 2.39. The molecule has 0 aromatic rings. The number of hydrogen-bond acceptors (Lipinski definition) is 4. The van der Waals surface area contributed by atoms with Crippen LogP contribution < -0.4 is 5.73 Å². The smallest absolute Gasteiger partial charge is 0.151 e. The number of hydrogen-bond donors (Lipinski definition) is 1. The maximum atomic E-state index is 11.5. The van der Waals surface area contributed by atoms with Crippen LogP contribution in [-0.4, -0.2) is 50.5 Å². The fourth-order valence-electron chi connectivity index (χ4n) is 3.05. The van der Waals surface area contributed by atoms with Crippen molar-refractivity contribution in [3.63, 3.8) is 0 Å². The summed E-state index contributed by atoms with van der Waals surface area (Å²) in [7, 11) is -2.77. The van der Waals surface area contributed by atoms with Crippen molar-refractivity contribution in [2.24, 2.45) is 17.1 Å². The van der Waals surface area contributed by atoms with Crippen molar-refractivity contribution in [2.75, 3.05) is 31.1 Å². The molecule has 2 saturated heterocycles. The molecule has 5 heteroatoms. The van der Waals surface area contributed by atoms with Crippen molar-refractivity contribution in [2.45, 2.75) is 32.7 Å². The number of rotatable bonds is 2. The number of likely N-dealkylation sites (tertiary alicyclic amines) is 1. The monoisotopic (exact) mass is 260 g/mol. The molecule has 2 fully saturated rings. The van der Waals surface area contributed by atoms with Gasteiger partial charge in [-0.2, -0.15) is 0 Å². The highest BCUT2D eigenvalue weighted by atomic mass is 32.2. The molecular weight excluding hydrogens is 236 g/mol. The van der Waals surface area contributed by atoms with E-state index in [0.29, 0.717) is 29.4 Å². The van der Waals surface area contributed by atoms with E-state index in [1.54, 1.807) is 0 Å². The van der Waals surface area contributed by atoms with Gasteiger partial charge in [0.1, 0.15) is 0 Å². The molecule has 0 amide bonds. The quantitative estimate of drug-likeness (QED) is 0.784. The topological polar surface area (TPSA) is 63.4 Å². The summed E-state index contributed by atoms with van der Waals surface area (Å²) in [6.45, 7) is 7.22. The Morgan fingerprint density at radius 1 is 1.41 bits per heavy atom. The Morgan fingerprint density at radius 3 is 2.65 bits per heavy atom. The van der Waals surface area contributed by atoms with Crippen LogP contribution >= 0.6 is 0 Å². The Kier molecular flexibility index (Phi) is 3.54. The van der Waals surface area contributed by atoms with Crippen LogP contribution in [0.1, 0.15) is 26.7 Å². The van der Waals surface area contributed by atoms with Crippen molar-refractivity contribution in [1.29, 1.82) is 0 Å². The van der Waals surface area contributed by atoms with Gasteiger partial charge in [0.2, 0.25) is 0 Å². The molecule has 17 heavy (non-hydrogen) atoms. The Hall–Kier alpha value is -0.130. The van der Waals surface area contributed by atoms with Gasteiger partial charge in [-0.3, -0.25) is 4.90 Å². The zero-order chi connectivity index (χ0) is 12.7. The Labute approximate surface area is 104 Å². The van der Waals surface area contributed by atoms with Gasteiger partial charge < -0.3 is 5.73 Å².